The van der Waals surface area contributed by atoms with Gasteiger partial charge in [-0.3, -0.25) is 24.0 Å². The normalized spacial score (nSPS) is 25.0. The van der Waals surface area contributed by atoms with Gasteiger partial charge in [0.2, 0.25) is 12.2 Å². The Kier molecular flexibility index (Phi) is 10.1. The zero-order valence-electron chi connectivity index (χ0n) is 18.0. The third-order valence-electron chi connectivity index (χ3n) is 4.02. The molecule has 0 bridgehead atoms. The summed E-state index contributed by atoms with van der Waals surface area (Å²) < 4.78 is 26.2. The zero-order valence-corrected chi connectivity index (χ0v) is 18.0. The van der Waals surface area contributed by atoms with E-state index in [1.54, 1.807) is 0 Å². The maximum atomic E-state index is 12.3. The van der Waals surface area contributed by atoms with Crippen LogP contribution in [0.15, 0.2) is 0 Å². The number of rotatable bonds is 9. The van der Waals surface area contributed by atoms with Crippen molar-refractivity contribution in [3.63, 3.8) is 0 Å². The third kappa shape index (κ3) is 9.11. The molecule has 0 aromatic rings. The standard InChI is InChI=1S/C19H27NO11/c1-9(21)6-7-15(26)20-16-18(29-12(4)24)17(28-11(3)23)14(8-27-10(2)22)31-19(16)30-13(5)25/h14,16-19H,6-8H2,1-5H3,(H,20,26)/t14-,16+,17-,18-,19?/m1/s1. The molecule has 31 heavy (non-hydrogen) atoms. The molecule has 0 aliphatic carbocycles. The van der Waals surface area contributed by atoms with Gasteiger partial charge in [0, 0.05) is 40.5 Å². The lowest BCUT2D eigenvalue weighted by molar-refractivity contribution is -0.271. The van der Waals surface area contributed by atoms with Crippen molar-refractivity contribution in [2.24, 2.45) is 0 Å². The molecular formula is C19H27NO11. The number of Topliss-reactive ketones (excluding diaryl/α,β-unsaturated/α-hetero) is 1. The fourth-order valence-electron chi connectivity index (χ4n) is 2.87. The predicted molar refractivity (Wildman–Crippen MR) is 100 cm³/mol. The van der Waals surface area contributed by atoms with Crippen LogP contribution in [0.3, 0.4) is 0 Å². The molecule has 0 spiro atoms. The van der Waals surface area contributed by atoms with Crippen molar-refractivity contribution in [1.82, 2.24) is 5.32 Å². The third-order valence-corrected chi connectivity index (χ3v) is 4.02. The molecule has 1 aliphatic rings. The van der Waals surface area contributed by atoms with E-state index in [0.29, 0.717) is 0 Å². The van der Waals surface area contributed by atoms with Gasteiger partial charge in [0.1, 0.15) is 24.5 Å². The lowest BCUT2D eigenvalue weighted by atomic mass is 9.95. The van der Waals surface area contributed by atoms with E-state index in [-0.39, 0.29) is 18.6 Å². The molecule has 1 amide bonds. The molecule has 0 radical (unpaired) electrons. The van der Waals surface area contributed by atoms with Crippen LogP contribution in [-0.4, -0.2) is 72.8 Å². The second-order valence-corrected chi connectivity index (χ2v) is 6.90. The summed E-state index contributed by atoms with van der Waals surface area (Å²) in [5, 5.41) is 2.50. The van der Waals surface area contributed by atoms with Crippen LogP contribution < -0.4 is 5.32 Å². The first-order valence-electron chi connectivity index (χ1n) is 9.50. The van der Waals surface area contributed by atoms with Crippen LogP contribution in [-0.2, 0) is 52.5 Å². The summed E-state index contributed by atoms with van der Waals surface area (Å²) in [7, 11) is 0. The molecule has 5 atom stereocenters. The van der Waals surface area contributed by atoms with Crippen molar-refractivity contribution in [3.8, 4) is 0 Å². The Morgan fingerprint density at radius 3 is 1.77 bits per heavy atom. The number of nitrogens with one attached hydrogen (secondary N) is 1. The second kappa shape index (κ2) is 12.0. The number of carbonyl (C=O) groups excluding carboxylic acids is 6. The summed E-state index contributed by atoms with van der Waals surface area (Å²) >= 11 is 0. The van der Waals surface area contributed by atoms with E-state index in [1.165, 1.54) is 6.92 Å². The van der Waals surface area contributed by atoms with Crippen LogP contribution in [0.1, 0.15) is 47.5 Å². The summed E-state index contributed by atoms with van der Waals surface area (Å²) in [5.74, 6) is -3.80. The minimum absolute atomic E-state index is 0.0433. The van der Waals surface area contributed by atoms with Crippen LogP contribution in [0.25, 0.3) is 0 Å². The van der Waals surface area contributed by atoms with E-state index in [2.05, 4.69) is 5.32 Å². The Hall–Kier alpha value is -3.02. The van der Waals surface area contributed by atoms with Crippen LogP contribution in [0, 0.1) is 0 Å². The molecule has 1 saturated heterocycles. The van der Waals surface area contributed by atoms with Gasteiger partial charge in [0.25, 0.3) is 0 Å². The number of esters is 4. The van der Waals surface area contributed by atoms with Crippen molar-refractivity contribution in [2.75, 3.05) is 6.61 Å². The summed E-state index contributed by atoms with van der Waals surface area (Å²) in [4.78, 5) is 69.7. The molecule has 1 fully saturated rings. The van der Waals surface area contributed by atoms with E-state index < -0.39 is 67.0 Å². The minimum Gasteiger partial charge on any atom is -0.463 e. The number of hydrogen-bond donors (Lipinski definition) is 1. The molecule has 1 heterocycles. The van der Waals surface area contributed by atoms with Crippen molar-refractivity contribution < 1.29 is 52.5 Å². The van der Waals surface area contributed by atoms with Gasteiger partial charge >= 0.3 is 23.9 Å². The molecule has 1 unspecified atom stereocenters. The van der Waals surface area contributed by atoms with Gasteiger partial charge in [0.15, 0.2) is 12.2 Å². The van der Waals surface area contributed by atoms with Gasteiger partial charge in [-0.1, -0.05) is 0 Å². The van der Waals surface area contributed by atoms with Gasteiger partial charge in [-0.05, 0) is 6.92 Å². The van der Waals surface area contributed by atoms with Gasteiger partial charge in [-0.15, -0.1) is 0 Å². The van der Waals surface area contributed by atoms with E-state index in [0.717, 1.165) is 27.7 Å². The van der Waals surface area contributed by atoms with Gasteiger partial charge in [-0.25, -0.2) is 0 Å². The highest BCUT2D eigenvalue weighted by atomic mass is 16.7. The fraction of sp³-hybridized carbons (Fsp3) is 0.684. The molecule has 174 valence electrons. The van der Waals surface area contributed by atoms with E-state index in [1.807, 2.05) is 0 Å². The Labute approximate surface area is 178 Å². The molecule has 0 saturated carbocycles. The number of amides is 1. The average Bonchev–Trinajstić information content (AvgIpc) is 2.62. The molecule has 12 heteroatoms. The van der Waals surface area contributed by atoms with E-state index in [4.69, 9.17) is 23.7 Å². The maximum absolute atomic E-state index is 12.3. The highest BCUT2D eigenvalue weighted by Crippen LogP contribution is 2.28. The SMILES string of the molecule is CC(=O)CCC(=O)N[C@@H]1C(OC(C)=O)O[C@H](COC(C)=O)[C@@H](OC(C)=O)[C@@H]1OC(C)=O. The maximum Gasteiger partial charge on any atom is 0.305 e. The highest BCUT2D eigenvalue weighted by molar-refractivity contribution is 5.83. The molecule has 1 rings (SSSR count). The van der Waals surface area contributed by atoms with Gasteiger partial charge in [0.05, 0.1) is 0 Å². The van der Waals surface area contributed by atoms with Gasteiger partial charge in [-0.2, -0.15) is 0 Å². The molecular weight excluding hydrogens is 418 g/mol. The monoisotopic (exact) mass is 445 g/mol. The van der Waals surface area contributed by atoms with E-state index in [9.17, 15) is 28.8 Å². The first kappa shape index (κ1) is 26.0. The van der Waals surface area contributed by atoms with Crippen LogP contribution in [0.2, 0.25) is 0 Å². The quantitative estimate of drug-likeness (QED) is 0.362. The summed E-state index contributed by atoms with van der Waals surface area (Å²) in [5.41, 5.74) is 0. The Morgan fingerprint density at radius 2 is 1.29 bits per heavy atom. The number of carbonyl (C=O) groups is 6. The minimum atomic E-state index is -1.46. The number of ketones is 1. The second-order valence-electron chi connectivity index (χ2n) is 6.90. The van der Waals surface area contributed by atoms with Crippen LogP contribution in [0.4, 0.5) is 0 Å². The first-order valence-corrected chi connectivity index (χ1v) is 9.50. The first-order chi connectivity index (χ1) is 14.4. The Morgan fingerprint density at radius 1 is 0.742 bits per heavy atom. The highest BCUT2D eigenvalue weighted by Gasteiger charge is 2.52. The Balaban J connectivity index is 3.29. The number of ether oxygens (including phenoxy) is 5. The summed E-state index contributed by atoms with van der Waals surface area (Å²) in [6, 6.07) is -1.27. The van der Waals surface area contributed by atoms with Crippen molar-refractivity contribution in [1.29, 1.82) is 0 Å². The van der Waals surface area contributed by atoms with Crippen LogP contribution in [0.5, 0.6) is 0 Å². The number of hydrogen-bond acceptors (Lipinski definition) is 11. The summed E-state index contributed by atoms with van der Waals surface area (Å²) in [6.07, 6.45) is -5.51. The summed E-state index contributed by atoms with van der Waals surface area (Å²) in [6.45, 7) is 5.35. The van der Waals surface area contributed by atoms with Crippen molar-refractivity contribution >= 4 is 35.6 Å². The van der Waals surface area contributed by atoms with Crippen LogP contribution >= 0.6 is 0 Å². The Bertz CT molecular complexity index is 720. The lowest BCUT2D eigenvalue weighted by Crippen LogP contribution is -2.67. The smallest absolute Gasteiger partial charge is 0.305 e. The topological polar surface area (TPSA) is 161 Å². The largest absolute Gasteiger partial charge is 0.463 e. The van der Waals surface area contributed by atoms with Crippen molar-refractivity contribution in [2.45, 2.75) is 78.1 Å². The average molecular weight is 445 g/mol. The molecule has 1 N–H and O–H groups in total. The molecule has 0 aromatic heterocycles. The van der Waals surface area contributed by atoms with Gasteiger partial charge < -0.3 is 33.8 Å². The molecule has 1 aliphatic heterocycles. The lowest BCUT2D eigenvalue weighted by Gasteiger charge is -2.44. The zero-order chi connectivity index (χ0) is 23.7. The molecule has 12 nitrogen and oxygen atoms in total. The van der Waals surface area contributed by atoms with Crippen molar-refractivity contribution in [3.05, 3.63) is 0 Å². The predicted octanol–water partition coefficient (Wildman–Crippen LogP) is -0.445. The van der Waals surface area contributed by atoms with E-state index >= 15 is 0 Å². The fourth-order valence-corrected chi connectivity index (χ4v) is 2.87. The molecule has 0 aromatic carbocycles.